The number of carbonyl (C=O) groups is 2. The number of hydrogen-bond donors (Lipinski definition) is 0. The number of hydrogen-bond acceptors (Lipinski definition) is 4. The lowest BCUT2D eigenvalue weighted by Gasteiger charge is -2.34. The first-order chi connectivity index (χ1) is 18.7. The van der Waals surface area contributed by atoms with Crippen LogP contribution < -0.4 is 4.90 Å². The quantitative estimate of drug-likeness (QED) is 0.297. The van der Waals surface area contributed by atoms with Crippen LogP contribution in [-0.2, 0) is 18.4 Å². The first-order valence-electron chi connectivity index (χ1n) is 12.6. The van der Waals surface area contributed by atoms with E-state index < -0.39 is 11.6 Å². The Hall–Kier alpha value is -3.83. The number of halogens is 2. The molecule has 4 aromatic rings. The zero-order chi connectivity index (χ0) is 27.5. The van der Waals surface area contributed by atoms with Crippen LogP contribution in [0.3, 0.4) is 0 Å². The van der Waals surface area contributed by atoms with Gasteiger partial charge in [-0.1, -0.05) is 53.5 Å². The molecule has 0 bridgehead atoms. The van der Waals surface area contributed by atoms with Crippen LogP contribution in [0.2, 0.25) is 10.0 Å². The molecule has 9 heteroatoms. The highest BCUT2D eigenvalue weighted by Crippen LogP contribution is 2.47. The number of likely N-dealkylation sites (tertiary alicyclic amines) is 1. The third kappa shape index (κ3) is 3.99. The van der Waals surface area contributed by atoms with E-state index in [0.717, 1.165) is 22.0 Å². The number of carbonyl (C=O) groups excluding carboxylic acids is 2. The molecular formula is C30H25Cl2N5O2. The Labute approximate surface area is 236 Å². The number of likely N-dealkylation sites (N-methyl/N-ethyl adjacent to an activating group) is 1. The van der Waals surface area contributed by atoms with Crippen LogP contribution in [0.25, 0.3) is 10.9 Å². The van der Waals surface area contributed by atoms with Crippen molar-refractivity contribution in [1.29, 1.82) is 5.26 Å². The largest absolute Gasteiger partial charge is 0.350 e. The van der Waals surface area contributed by atoms with Crippen molar-refractivity contribution in [3.63, 3.8) is 0 Å². The predicted molar refractivity (Wildman–Crippen MR) is 152 cm³/mol. The van der Waals surface area contributed by atoms with E-state index in [0.29, 0.717) is 40.9 Å². The van der Waals surface area contributed by atoms with Crippen molar-refractivity contribution in [2.75, 3.05) is 25.0 Å². The fraction of sp³-hybridized carbons (Fsp3) is 0.233. The van der Waals surface area contributed by atoms with Gasteiger partial charge in [0, 0.05) is 66.8 Å². The van der Waals surface area contributed by atoms with E-state index in [-0.39, 0.29) is 11.8 Å². The van der Waals surface area contributed by atoms with E-state index in [1.54, 1.807) is 42.3 Å². The van der Waals surface area contributed by atoms with Crippen molar-refractivity contribution >= 4 is 51.7 Å². The van der Waals surface area contributed by atoms with Gasteiger partial charge in [-0.15, -0.1) is 0 Å². The minimum Gasteiger partial charge on any atom is -0.350 e. The molecule has 0 radical (unpaired) electrons. The van der Waals surface area contributed by atoms with Crippen LogP contribution in [0, 0.1) is 11.3 Å². The molecule has 3 heterocycles. The lowest BCUT2D eigenvalue weighted by atomic mass is 9.80. The summed E-state index contributed by atoms with van der Waals surface area (Å²) in [5.74, 6) is -0.635. The molecule has 2 atom stereocenters. The maximum absolute atomic E-state index is 14.4. The van der Waals surface area contributed by atoms with Gasteiger partial charge in [-0.05, 0) is 47.5 Å². The maximum atomic E-state index is 14.4. The molecule has 7 nitrogen and oxygen atoms in total. The second-order valence-electron chi connectivity index (χ2n) is 10.3. The first kappa shape index (κ1) is 25.4. The lowest BCUT2D eigenvalue weighted by molar-refractivity contribution is -0.124. The molecule has 1 aromatic heterocycles. The van der Waals surface area contributed by atoms with Gasteiger partial charge in [0.05, 0.1) is 17.3 Å². The van der Waals surface area contributed by atoms with Gasteiger partial charge < -0.3 is 9.47 Å². The summed E-state index contributed by atoms with van der Waals surface area (Å²) in [5.41, 5.74) is 2.92. The van der Waals surface area contributed by atoms with E-state index in [4.69, 9.17) is 23.2 Å². The number of amides is 3. The van der Waals surface area contributed by atoms with E-state index in [1.807, 2.05) is 31.3 Å². The van der Waals surface area contributed by atoms with E-state index in [2.05, 4.69) is 33.9 Å². The highest BCUT2D eigenvalue weighted by molar-refractivity contribution is 6.35. The van der Waals surface area contributed by atoms with Gasteiger partial charge in [-0.3, -0.25) is 9.69 Å². The van der Waals surface area contributed by atoms with E-state index >= 15 is 0 Å². The summed E-state index contributed by atoms with van der Waals surface area (Å²) in [6, 6.07) is 22.0. The van der Waals surface area contributed by atoms with Crippen LogP contribution in [0.5, 0.6) is 0 Å². The van der Waals surface area contributed by atoms with Crippen molar-refractivity contribution in [1.82, 2.24) is 14.4 Å². The van der Waals surface area contributed by atoms with Gasteiger partial charge in [0.2, 0.25) is 0 Å². The molecule has 3 aromatic carbocycles. The Kier molecular flexibility index (Phi) is 6.15. The summed E-state index contributed by atoms with van der Waals surface area (Å²) in [6.07, 6.45) is 2.12. The van der Waals surface area contributed by atoms with Gasteiger partial charge >= 0.3 is 6.03 Å². The average molecular weight is 558 g/mol. The van der Waals surface area contributed by atoms with Crippen LogP contribution in [0.4, 0.5) is 10.5 Å². The molecule has 0 N–H and O–H groups in total. The highest BCUT2D eigenvalue weighted by atomic mass is 35.5. The molecule has 0 unspecified atom stereocenters. The summed E-state index contributed by atoms with van der Waals surface area (Å²) >= 11 is 12.5. The highest BCUT2D eigenvalue weighted by Gasteiger charge is 2.64. The summed E-state index contributed by atoms with van der Waals surface area (Å²) in [7, 11) is 3.71. The molecule has 1 spiro atoms. The number of fused-ring (bicyclic) bond motifs is 1. The number of imide groups is 1. The number of nitriles is 1. The van der Waals surface area contributed by atoms with Gasteiger partial charge in [-0.2, -0.15) is 5.26 Å². The Morgan fingerprint density at radius 3 is 2.38 bits per heavy atom. The number of aromatic nitrogens is 1. The molecule has 2 aliphatic rings. The summed E-state index contributed by atoms with van der Waals surface area (Å²) < 4.78 is 2.11. The molecule has 0 aliphatic carbocycles. The molecule has 3 amide bonds. The van der Waals surface area contributed by atoms with Gasteiger partial charge in [0.15, 0.2) is 0 Å². The number of urea groups is 1. The van der Waals surface area contributed by atoms with Crippen LogP contribution >= 0.6 is 23.2 Å². The predicted octanol–water partition coefficient (Wildman–Crippen LogP) is 5.79. The standard InChI is InChI=1S/C30H25Cl2N5O2/c1-34-15-21(25-5-3-4-6-27(25)34)16-36-17-26(20-9-7-19(14-33)8-10-20)30(18-36)28(38)37(29(39)35(30)2)24-12-22(31)11-23(32)13-24/h3-13,15,26H,16-18H2,1-2H3/t26-,30+/m0/s1. The summed E-state index contributed by atoms with van der Waals surface area (Å²) in [4.78, 5) is 33.1. The molecule has 2 saturated heterocycles. The molecule has 196 valence electrons. The van der Waals surface area contributed by atoms with Crippen molar-refractivity contribution in [3.05, 3.63) is 99.7 Å². The van der Waals surface area contributed by atoms with Crippen LogP contribution in [0.1, 0.15) is 22.6 Å². The number of nitrogens with zero attached hydrogens (tertiary/aromatic N) is 5. The van der Waals surface area contributed by atoms with Crippen molar-refractivity contribution in [3.8, 4) is 6.07 Å². The topological polar surface area (TPSA) is 72.6 Å². The van der Waals surface area contributed by atoms with E-state index in [9.17, 15) is 14.9 Å². The molecular weight excluding hydrogens is 533 g/mol. The summed E-state index contributed by atoms with van der Waals surface area (Å²) in [6.45, 7) is 1.53. The Bertz CT molecular complexity index is 1650. The summed E-state index contributed by atoms with van der Waals surface area (Å²) in [5, 5.41) is 11.2. The average Bonchev–Trinajstić information content (AvgIpc) is 3.51. The maximum Gasteiger partial charge on any atom is 0.332 e. The number of para-hydroxylation sites is 1. The normalized spacial score (nSPS) is 21.5. The zero-order valence-electron chi connectivity index (χ0n) is 21.4. The number of anilines is 1. The molecule has 0 saturated carbocycles. The van der Waals surface area contributed by atoms with Gasteiger partial charge in [-0.25, -0.2) is 9.69 Å². The van der Waals surface area contributed by atoms with Crippen LogP contribution in [0.15, 0.2) is 72.9 Å². The van der Waals surface area contributed by atoms with Crippen molar-refractivity contribution in [2.45, 2.75) is 18.0 Å². The fourth-order valence-electron chi connectivity index (χ4n) is 6.21. The first-order valence-corrected chi connectivity index (χ1v) is 13.3. The Morgan fingerprint density at radius 2 is 1.69 bits per heavy atom. The minimum absolute atomic E-state index is 0.317. The van der Waals surface area contributed by atoms with Crippen LogP contribution in [-0.4, -0.2) is 52.0 Å². The zero-order valence-corrected chi connectivity index (χ0v) is 22.9. The van der Waals surface area contributed by atoms with Gasteiger partial charge in [0.25, 0.3) is 5.91 Å². The Morgan fingerprint density at radius 1 is 1.00 bits per heavy atom. The fourth-order valence-corrected chi connectivity index (χ4v) is 6.72. The monoisotopic (exact) mass is 557 g/mol. The number of rotatable bonds is 4. The SMILES string of the molecule is CN1C(=O)N(c2cc(Cl)cc(Cl)c2)C(=O)[C@]12CN(Cc1cn(C)c3ccccc13)C[C@H]2c1ccc(C#N)cc1. The van der Waals surface area contributed by atoms with Crippen molar-refractivity contribution < 1.29 is 9.59 Å². The molecule has 39 heavy (non-hydrogen) atoms. The molecule has 6 rings (SSSR count). The minimum atomic E-state index is -1.15. The smallest absolute Gasteiger partial charge is 0.332 e. The third-order valence-electron chi connectivity index (χ3n) is 8.05. The molecule has 2 fully saturated rings. The molecule has 2 aliphatic heterocycles. The lowest BCUT2D eigenvalue weighted by Crippen LogP contribution is -2.53. The van der Waals surface area contributed by atoms with Crippen molar-refractivity contribution in [2.24, 2.45) is 7.05 Å². The second kappa shape index (κ2) is 9.42. The van der Waals surface area contributed by atoms with Gasteiger partial charge in [0.1, 0.15) is 5.54 Å². The third-order valence-corrected chi connectivity index (χ3v) is 8.49. The number of aryl methyl sites for hydroxylation is 1. The van der Waals surface area contributed by atoms with E-state index in [1.165, 1.54) is 4.90 Å². The second-order valence-corrected chi connectivity index (χ2v) is 11.1. The number of benzene rings is 3. The Balaban J connectivity index is 1.43.